The lowest BCUT2D eigenvalue weighted by atomic mass is 10.0. The molecule has 0 radical (unpaired) electrons. The van der Waals surface area contributed by atoms with E-state index in [1.165, 1.54) is 0 Å². The van der Waals surface area contributed by atoms with Gasteiger partial charge in [-0.05, 0) is 25.0 Å². The van der Waals surface area contributed by atoms with Gasteiger partial charge in [-0.25, -0.2) is 9.97 Å². The molecule has 0 bridgehead atoms. The Bertz CT molecular complexity index is 701. The number of carbonyl (C=O) groups excluding carboxylic acids is 1. The molecular formula is C16H22N6O2. The predicted octanol–water partition coefficient (Wildman–Crippen LogP) is 0.447. The third-order valence-electron chi connectivity index (χ3n) is 3.94. The SMILES string of the molecule is Cc1nccc(N[C@@H]2COCC[C@@H]2NC(=O)Cc2cnn(C)c2)n1. The molecule has 24 heavy (non-hydrogen) atoms. The van der Waals surface area contributed by atoms with Gasteiger partial charge in [0.15, 0.2) is 0 Å². The predicted molar refractivity (Wildman–Crippen MR) is 88.5 cm³/mol. The lowest BCUT2D eigenvalue weighted by molar-refractivity contribution is -0.121. The fourth-order valence-corrected chi connectivity index (χ4v) is 2.79. The van der Waals surface area contributed by atoms with Crippen molar-refractivity contribution in [2.24, 2.45) is 7.05 Å². The Morgan fingerprint density at radius 2 is 2.33 bits per heavy atom. The minimum Gasteiger partial charge on any atom is -0.379 e. The molecule has 1 fully saturated rings. The smallest absolute Gasteiger partial charge is 0.224 e. The van der Waals surface area contributed by atoms with E-state index in [0.717, 1.165) is 17.8 Å². The second kappa shape index (κ2) is 7.39. The van der Waals surface area contributed by atoms with Gasteiger partial charge < -0.3 is 15.4 Å². The van der Waals surface area contributed by atoms with Gasteiger partial charge in [0.25, 0.3) is 0 Å². The van der Waals surface area contributed by atoms with Crippen LogP contribution < -0.4 is 10.6 Å². The topological polar surface area (TPSA) is 94.0 Å². The number of amides is 1. The summed E-state index contributed by atoms with van der Waals surface area (Å²) in [7, 11) is 1.84. The summed E-state index contributed by atoms with van der Waals surface area (Å²) < 4.78 is 7.24. The third kappa shape index (κ3) is 4.29. The van der Waals surface area contributed by atoms with Crippen molar-refractivity contribution in [3.63, 3.8) is 0 Å². The number of aryl methyl sites for hydroxylation is 2. The molecule has 1 saturated heterocycles. The fourth-order valence-electron chi connectivity index (χ4n) is 2.79. The zero-order chi connectivity index (χ0) is 16.9. The van der Waals surface area contributed by atoms with Gasteiger partial charge in [-0.3, -0.25) is 9.48 Å². The molecule has 1 aliphatic heterocycles. The highest BCUT2D eigenvalue weighted by Gasteiger charge is 2.27. The molecule has 3 rings (SSSR count). The van der Waals surface area contributed by atoms with E-state index in [-0.39, 0.29) is 18.0 Å². The number of nitrogens with one attached hydrogen (secondary N) is 2. The van der Waals surface area contributed by atoms with Crippen molar-refractivity contribution in [2.75, 3.05) is 18.5 Å². The van der Waals surface area contributed by atoms with E-state index in [0.29, 0.717) is 25.5 Å². The summed E-state index contributed by atoms with van der Waals surface area (Å²) in [4.78, 5) is 20.7. The van der Waals surface area contributed by atoms with Crippen LogP contribution in [0.25, 0.3) is 0 Å². The third-order valence-corrected chi connectivity index (χ3v) is 3.94. The minimum atomic E-state index is -0.0223. The van der Waals surface area contributed by atoms with E-state index in [1.807, 2.05) is 26.2 Å². The number of hydrogen-bond acceptors (Lipinski definition) is 6. The Labute approximate surface area is 140 Å². The van der Waals surface area contributed by atoms with Gasteiger partial charge in [0.05, 0.1) is 31.3 Å². The monoisotopic (exact) mass is 330 g/mol. The lowest BCUT2D eigenvalue weighted by Crippen LogP contribution is -2.52. The van der Waals surface area contributed by atoms with E-state index in [1.54, 1.807) is 17.1 Å². The second-order valence-electron chi connectivity index (χ2n) is 5.98. The Kier molecular flexibility index (Phi) is 5.05. The van der Waals surface area contributed by atoms with Crippen molar-refractivity contribution in [3.05, 3.63) is 36.0 Å². The van der Waals surface area contributed by atoms with Crippen LogP contribution in [0.5, 0.6) is 0 Å². The first-order chi connectivity index (χ1) is 11.6. The van der Waals surface area contributed by atoms with Gasteiger partial charge in [0, 0.05) is 26.0 Å². The quantitative estimate of drug-likeness (QED) is 0.826. The van der Waals surface area contributed by atoms with Crippen molar-refractivity contribution in [2.45, 2.75) is 31.8 Å². The number of aromatic nitrogens is 4. The molecule has 0 unspecified atom stereocenters. The average Bonchev–Trinajstić information content (AvgIpc) is 2.94. The number of ether oxygens (including phenoxy) is 1. The summed E-state index contributed by atoms with van der Waals surface area (Å²) in [6, 6.07) is 1.79. The maximum atomic E-state index is 12.3. The summed E-state index contributed by atoms with van der Waals surface area (Å²) >= 11 is 0. The number of anilines is 1. The maximum Gasteiger partial charge on any atom is 0.224 e. The highest BCUT2D eigenvalue weighted by molar-refractivity contribution is 5.78. The molecule has 3 heterocycles. The molecule has 1 aliphatic rings. The molecule has 2 N–H and O–H groups in total. The van der Waals surface area contributed by atoms with Crippen LogP contribution in [-0.2, 0) is 23.0 Å². The van der Waals surface area contributed by atoms with E-state index >= 15 is 0 Å². The van der Waals surface area contributed by atoms with Crippen LogP contribution >= 0.6 is 0 Å². The van der Waals surface area contributed by atoms with Crippen LogP contribution in [-0.4, -0.2) is 51.0 Å². The molecular weight excluding hydrogens is 308 g/mol. The van der Waals surface area contributed by atoms with Crippen molar-refractivity contribution >= 4 is 11.7 Å². The normalized spacial score (nSPS) is 20.6. The average molecular weight is 330 g/mol. The molecule has 0 aliphatic carbocycles. The summed E-state index contributed by atoms with van der Waals surface area (Å²) in [5.41, 5.74) is 0.901. The summed E-state index contributed by atoms with van der Waals surface area (Å²) in [5.74, 6) is 1.43. The Morgan fingerprint density at radius 3 is 3.08 bits per heavy atom. The standard InChI is InChI=1S/C16H22N6O2/c1-11-17-5-3-15(19-11)20-14-10-24-6-4-13(14)21-16(23)7-12-8-18-22(2)9-12/h3,5,8-9,13-14H,4,6-7,10H2,1-2H3,(H,21,23)(H,17,19,20)/t13-,14+/m0/s1. The summed E-state index contributed by atoms with van der Waals surface area (Å²) in [6.07, 6.45) is 6.36. The van der Waals surface area contributed by atoms with Gasteiger partial charge in [-0.2, -0.15) is 5.10 Å². The zero-order valence-corrected chi connectivity index (χ0v) is 13.9. The number of rotatable bonds is 5. The number of carbonyl (C=O) groups is 1. The van der Waals surface area contributed by atoms with Gasteiger partial charge in [-0.15, -0.1) is 0 Å². The Morgan fingerprint density at radius 1 is 1.46 bits per heavy atom. The van der Waals surface area contributed by atoms with Gasteiger partial charge >= 0.3 is 0 Å². The molecule has 0 spiro atoms. The van der Waals surface area contributed by atoms with Gasteiger partial charge in [0.2, 0.25) is 5.91 Å². The van der Waals surface area contributed by atoms with E-state index in [4.69, 9.17) is 4.74 Å². The van der Waals surface area contributed by atoms with Crippen LogP contribution in [0, 0.1) is 6.92 Å². The zero-order valence-electron chi connectivity index (χ0n) is 13.9. The highest BCUT2D eigenvalue weighted by Crippen LogP contribution is 2.14. The highest BCUT2D eigenvalue weighted by atomic mass is 16.5. The molecule has 0 saturated carbocycles. The molecule has 2 aromatic heterocycles. The second-order valence-corrected chi connectivity index (χ2v) is 5.98. The van der Waals surface area contributed by atoms with E-state index in [9.17, 15) is 4.79 Å². The molecule has 0 aromatic carbocycles. The van der Waals surface area contributed by atoms with Gasteiger partial charge in [-0.1, -0.05) is 0 Å². The van der Waals surface area contributed by atoms with Crippen molar-refractivity contribution in [3.8, 4) is 0 Å². The molecule has 2 aromatic rings. The Balaban J connectivity index is 1.60. The molecule has 2 atom stereocenters. The molecule has 1 amide bonds. The van der Waals surface area contributed by atoms with Gasteiger partial charge in [0.1, 0.15) is 11.6 Å². The van der Waals surface area contributed by atoms with E-state index < -0.39 is 0 Å². The van der Waals surface area contributed by atoms with E-state index in [2.05, 4.69) is 25.7 Å². The summed E-state index contributed by atoms with van der Waals surface area (Å²) in [6.45, 7) is 3.01. The Hall–Kier alpha value is -2.48. The van der Waals surface area contributed by atoms with Crippen molar-refractivity contribution < 1.29 is 9.53 Å². The molecule has 128 valence electrons. The van der Waals surface area contributed by atoms with Crippen LogP contribution in [0.4, 0.5) is 5.82 Å². The first-order valence-electron chi connectivity index (χ1n) is 8.01. The van der Waals surface area contributed by atoms with Crippen molar-refractivity contribution in [1.29, 1.82) is 0 Å². The fraction of sp³-hybridized carbons (Fsp3) is 0.500. The minimum absolute atomic E-state index is 0.00167. The first-order valence-corrected chi connectivity index (χ1v) is 8.01. The number of hydrogen-bond donors (Lipinski definition) is 2. The van der Waals surface area contributed by atoms with Crippen LogP contribution in [0.15, 0.2) is 24.7 Å². The first kappa shape index (κ1) is 16.4. The number of nitrogens with zero attached hydrogens (tertiary/aromatic N) is 4. The van der Waals surface area contributed by atoms with Crippen molar-refractivity contribution in [1.82, 2.24) is 25.1 Å². The van der Waals surface area contributed by atoms with Crippen LogP contribution in [0.2, 0.25) is 0 Å². The maximum absolute atomic E-state index is 12.3. The van der Waals surface area contributed by atoms with Crippen LogP contribution in [0.1, 0.15) is 17.8 Å². The lowest BCUT2D eigenvalue weighted by Gasteiger charge is -2.33. The van der Waals surface area contributed by atoms with Crippen LogP contribution in [0.3, 0.4) is 0 Å². The largest absolute Gasteiger partial charge is 0.379 e. The molecule has 8 nitrogen and oxygen atoms in total. The molecule has 8 heteroatoms. The summed E-state index contributed by atoms with van der Waals surface area (Å²) in [5, 5.41) is 10.5.